The third-order valence-electron chi connectivity index (χ3n) is 2.15. The maximum atomic E-state index is 11.8. The second-order valence-electron chi connectivity index (χ2n) is 5.32. The zero-order valence-electron chi connectivity index (χ0n) is 13.3. The molecule has 0 saturated heterocycles. The minimum atomic E-state index is -1.22. The van der Waals surface area contributed by atoms with Gasteiger partial charge in [0.25, 0.3) is 0 Å². The third kappa shape index (κ3) is 8.50. The molecule has 0 radical (unpaired) electrons. The Balaban J connectivity index is -0.00000128. The van der Waals surface area contributed by atoms with E-state index >= 15 is 0 Å². The van der Waals surface area contributed by atoms with Crippen molar-refractivity contribution in [1.82, 2.24) is 0 Å². The van der Waals surface area contributed by atoms with Gasteiger partial charge >= 0.3 is 43.7 Å². The van der Waals surface area contributed by atoms with Crippen LogP contribution < -0.4 is 47.9 Å². The van der Waals surface area contributed by atoms with Crippen LogP contribution in [0.3, 0.4) is 0 Å². The summed E-state index contributed by atoms with van der Waals surface area (Å²) in [5.41, 5.74) is -1.87. The van der Waals surface area contributed by atoms with Gasteiger partial charge in [-0.05, 0) is 33.1 Å². The van der Waals surface area contributed by atoms with Crippen molar-refractivity contribution in [2.75, 3.05) is 0 Å². The minimum absolute atomic E-state index is 0. The summed E-state index contributed by atoms with van der Waals surface area (Å²) in [5, 5.41) is 23.3. The maximum absolute atomic E-state index is 11.8. The van der Waals surface area contributed by atoms with Crippen molar-refractivity contribution in [3.8, 4) is 0 Å². The van der Waals surface area contributed by atoms with Crippen LogP contribution in [0.1, 0.15) is 41.5 Å². The summed E-state index contributed by atoms with van der Waals surface area (Å²) in [6, 6.07) is 0. The molecule has 0 rings (SSSR count). The minimum Gasteiger partial charge on any atom is -0.875 e. The van der Waals surface area contributed by atoms with E-state index in [0.717, 1.165) is 6.08 Å². The van der Waals surface area contributed by atoms with Crippen molar-refractivity contribution >= 4 is 5.97 Å². The SMILES string of the molecule is C/C=C(\[O-])C(C)(C)/C([O-])=C/C(=O)OC(C)(C)C.[Li+].[Li+]. The summed E-state index contributed by atoms with van der Waals surface area (Å²) < 4.78 is 4.98. The zero-order valence-corrected chi connectivity index (χ0v) is 13.3. The number of carbonyl (C=O) groups excluding carboxylic acids is 1. The van der Waals surface area contributed by atoms with Gasteiger partial charge in [-0.3, -0.25) is 0 Å². The van der Waals surface area contributed by atoms with Gasteiger partial charge in [-0.1, -0.05) is 19.9 Å². The van der Waals surface area contributed by atoms with Gasteiger partial charge in [0.1, 0.15) is 5.60 Å². The third-order valence-corrected chi connectivity index (χ3v) is 2.15. The van der Waals surface area contributed by atoms with Crippen molar-refractivity contribution in [2.24, 2.45) is 5.41 Å². The predicted molar refractivity (Wildman–Crippen MR) is 61.5 cm³/mol. The molecule has 0 aliphatic carbocycles. The second kappa shape index (κ2) is 8.82. The molecular weight excluding hydrogens is 234 g/mol. The van der Waals surface area contributed by atoms with E-state index in [1.807, 2.05) is 0 Å². The van der Waals surface area contributed by atoms with E-state index in [1.54, 1.807) is 27.7 Å². The molecule has 0 amide bonds. The first-order chi connectivity index (χ1) is 7.50. The Labute approximate surface area is 139 Å². The number of allylic oxidation sites excluding steroid dienone is 1. The van der Waals surface area contributed by atoms with Crippen LogP contribution in [0.2, 0.25) is 0 Å². The van der Waals surface area contributed by atoms with Gasteiger partial charge in [0.2, 0.25) is 0 Å². The largest absolute Gasteiger partial charge is 1.00 e. The zero-order chi connectivity index (χ0) is 13.9. The molecule has 0 aliphatic rings. The van der Waals surface area contributed by atoms with Crippen LogP contribution in [0.4, 0.5) is 0 Å². The van der Waals surface area contributed by atoms with Crippen molar-refractivity contribution < 1.29 is 57.5 Å². The van der Waals surface area contributed by atoms with E-state index in [-0.39, 0.29) is 43.5 Å². The molecule has 0 heterocycles. The van der Waals surface area contributed by atoms with E-state index in [9.17, 15) is 15.0 Å². The Bertz CT molecular complexity index is 352. The second-order valence-corrected chi connectivity index (χ2v) is 5.32. The fourth-order valence-electron chi connectivity index (χ4n) is 1.10. The normalized spacial score (nSPS) is 13.2. The molecule has 0 fully saturated rings. The van der Waals surface area contributed by atoms with Crippen LogP contribution in [0.15, 0.2) is 23.7 Å². The molecular formula is C13H20Li2O4. The predicted octanol–water partition coefficient (Wildman–Crippen LogP) is -5.13. The molecule has 0 aliphatic heterocycles. The summed E-state index contributed by atoms with van der Waals surface area (Å²) in [7, 11) is 0. The van der Waals surface area contributed by atoms with E-state index < -0.39 is 22.7 Å². The molecule has 4 nitrogen and oxygen atoms in total. The van der Waals surface area contributed by atoms with E-state index in [4.69, 9.17) is 4.74 Å². The number of esters is 1. The van der Waals surface area contributed by atoms with Gasteiger partial charge in [-0.15, -0.1) is 11.5 Å². The number of hydrogen-bond acceptors (Lipinski definition) is 4. The standard InChI is InChI=1S/C13H22O4.2Li/c1-7-9(14)13(5,6)10(15)8-11(16)17-12(2,3)4;;/h7-8,14-15H,1-6H3;;/q;2*+1/p-2/b9-7-,10-8-;;. The fourth-order valence-corrected chi connectivity index (χ4v) is 1.10. The quantitative estimate of drug-likeness (QED) is 0.218. The van der Waals surface area contributed by atoms with Crippen molar-refractivity contribution in [2.45, 2.75) is 47.1 Å². The first-order valence-electron chi connectivity index (χ1n) is 5.46. The van der Waals surface area contributed by atoms with Gasteiger partial charge in [0, 0.05) is 6.08 Å². The molecule has 0 N–H and O–H groups in total. The number of ether oxygens (including phenoxy) is 1. The van der Waals surface area contributed by atoms with Crippen LogP contribution in [0.25, 0.3) is 0 Å². The van der Waals surface area contributed by atoms with E-state index in [1.165, 1.54) is 19.9 Å². The Kier molecular flexibility index (Phi) is 11.1. The van der Waals surface area contributed by atoms with Crippen LogP contribution in [-0.2, 0) is 9.53 Å². The molecule has 0 atom stereocenters. The van der Waals surface area contributed by atoms with Gasteiger partial charge in [0.15, 0.2) is 0 Å². The van der Waals surface area contributed by atoms with E-state index in [2.05, 4.69) is 0 Å². The molecule has 0 spiro atoms. The Hall–Kier alpha value is -0.255. The molecule has 19 heavy (non-hydrogen) atoms. The van der Waals surface area contributed by atoms with Crippen LogP contribution in [0.5, 0.6) is 0 Å². The topological polar surface area (TPSA) is 72.4 Å². The summed E-state index contributed by atoms with van der Waals surface area (Å²) in [6.07, 6.45) is 2.16. The molecule has 0 aromatic rings. The Morgan fingerprint density at radius 2 is 1.42 bits per heavy atom. The molecule has 0 unspecified atom stereocenters. The monoisotopic (exact) mass is 254 g/mol. The van der Waals surface area contributed by atoms with Crippen LogP contribution >= 0.6 is 0 Å². The molecule has 6 heteroatoms. The van der Waals surface area contributed by atoms with Gasteiger partial charge < -0.3 is 14.9 Å². The smallest absolute Gasteiger partial charge is 0.875 e. The summed E-state index contributed by atoms with van der Waals surface area (Å²) in [4.78, 5) is 11.4. The molecule has 0 saturated carbocycles. The van der Waals surface area contributed by atoms with Gasteiger partial charge in [-0.2, -0.15) is 0 Å². The average molecular weight is 254 g/mol. The number of carbonyl (C=O) groups is 1. The Morgan fingerprint density at radius 1 is 1.00 bits per heavy atom. The first kappa shape index (κ1) is 23.8. The van der Waals surface area contributed by atoms with Crippen molar-refractivity contribution in [3.63, 3.8) is 0 Å². The summed E-state index contributed by atoms with van der Waals surface area (Å²) >= 11 is 0. The van der Waals surface area contributed by atoms with Crippen LogP contribution in [-0.4, -0.2) is 11.6 Å². The number of rotatable bonds is 3. The van der Waals surface area contributed by atoms with Gasteiger partial charge in [0.05, 0.1) is 0 Å². The van der Waals surface area contributed by atoms with Crippen molar-refractivity contribution in [3.05, 3.63) is 23.7 Å². The molecule has 0 aromatic carbocycles. The average Bonchev–Trinajstić information content (AvgIpc) is 2.12. The summed E-state index contributed by atoms with van der Waals surface area (Å²) in [5.74, 6) is -1.59. The van der Waals surface area contributed by atoms with Gasteiger partial charge in [-0.25, -0.2) is 4.79 Å². The molecule has 0 aromatic heterocycles. The Morgan fingerprint density at radius 3 is 1.74 bits per heavy atom. The van der Waals surface area contributed by atoms with E-state index in [0.29, 0.717) is 0 Å². The van der Waals surface area contributed by atoms with Crippen molar-refractivity contribution in [1.29, 1.82) is 0 Å². The molecule has 0 bridgehead atoms. The molecule has 98 valence electrons. The van der Waals surface area contributed by atoms with Crippen LogP contribution in [0, 0.1) is 5.41 Å². The number of hydrogen-bond donors (Lipinski definition) is 0. The first-order valence-corrected chi connectivity index (χ1v) is 5.46. The summed E-state index contributed by atoms with van der Waals surface area (Å²) in [6.45, 7) is 9.65. The fraction of sp³-hybridized carbons (Fsp3) is 0.615. The maximum Gasteiger partial charge on any atom is 1.00 e.